The molecule has 0 unspecified atom stereocenters. The number of rotatable bonds is 3. The second-order valence-corrected chi connectivity index (χ2v) is 5.57. The summed E-state index contributed by atoms with van der Waals surface area (Å²) in [6.45, 7) is 4.99. The summed E-state index contributed by atoms with van der Waals surface area (Å²) >= 11 is 0. The van der Waals surface area contributed by atoms with Crippen LogP contribution in [0.4, 0.5) is 11.4 Å². The van der Waals surface area contributed by atoms with E-state index in [4.69, 9.17) is 0 Å². The van der Waals surface area contributed by atoms with Gasteiger partial charge in [-0.3, -0.25) is 9.78 Å². The van der Waals surface area contributed by atoms with Gasteiger partial charge in [-0.1, -0.05) is 24.6 Å². The molecule has 0 radical (unpaired) electrons. The van der Waals surface area contributed by atoms with Gasteiger partial charge in [0.05, 0.1) is 11.9 Å². The average Bonchev–Trinajstić information content (AvgIpc) is 2.53. The van der Waals surface area contributed by atoms with E-state index >= 15 is 0 Å². The highest BCUT2D eigenvalue weighted by atomic mass is 16.1. The highest BCUT2D eigenvalue weighted by Crippen LogP contribution is 2.33. The Morgan fingerprint density at radius 2 is 2.14 bits per heavy atom. The first-order chi connectivity index (χ1) is 10.2. The molecule has 1 aromatic heterocycles. The first kappa shape index (κ1) is 13.8. The SMILES string of the molecule is CCC(=O)c1ccc(N2CCCc3cc(C)ccc32)cn1. The second kappa shape index (κ2) is 5.68. The fourth-order valence-electron chi connectivity index (χ4n) is 2.89. The maximum absolute atomic E-state index is 11.7. The summed E-state index contributed by atoms with van der Waals surface area (Å²) in [5.41, 5.74) is 5.59. The van der Waals surface area contributed by atoms with Crippen LogP contribution in [0.15, 0.2) is 36.5 Å². The molecule has 0 amide bonds. The van der Waals surface area contributed by atoms with Gasteiger partial charge in [-0.15, -0.1) is 0 Å². The highest BCUT2D eigenvalue weighted by molar-refractivity contribution is 5.94. The molecule has 1 aliphatic heterocycles. The molecule has 0 N–H and O–H groups in total. The number of ketones is 1. The number of anilines is 2. The smallest absolute Gasteiger partial charge is 0.180 e. The van der Waals surface area contributed by atoms with Crippen molar-refractivity contribution in [3.63, 3.8) is 0 Å². The maximum atomic E-state index is 11.7. The Hall–Kier alpha value is -2.16. The molecule has 0 bridgehead atoms. The van der Waals surface area contributed by atoms with E-state index < -0.39 is 0 Å². The molecule has 21 heavy (non-hydrogen) atoms. The number of aryl methyl sites for hydroxylation is 2. The molecule has 108 valence electrons. The summed E-state index contributed by atoms with van der Waals surface area (Å²) in [4.78, 5) is 18.3. The van der Waals surface area contributed by atoms with Gasteiger partial charge in [0.25, 0.3) is 0 Å². The predicted octanol–water partition coefficient (Wildman–Crippen LogP) is 4.07. The van der Waals surface area contributed by atoms with E-state index in [1.807, 2.05) is 25.3 Å². The monoisotopic (exact) mass is 280 g/mol. The van der Waals surface area contributed by atoms with Crippen molar-refractivity contribution in [1.82, 2.24) is 4.98 Å². The van der Waals surface area contributed by atoms with Gasteiger partial charge in [-0.05, 0) is 43.5 Å². The third-order valence-corrected chi connectivity index (χ3v) is 4.02. The molecule has 0 fully saturated rings. The lowest BCUT2D eigenvalue weighted by molar-refractivity contribution is 0.0983. The number of Topliss-reactive ketones (excluding diaryl/α,β-unsaturated/α-hetero) is 1. The standard InChI is InChI=1S/C18H20N2O/c1-3-18(21)16-8-7-15(12-19-16)20-10-4-5-14-11-13(2)6-9-17(14)20/h6-9,11-12H,3-5,10H2,1-2H3. The van der Waals surface area contributed by atoms with Crippen molar-refractivity contribution in [3.05, 3.63) is 53.3 Å². The number of carbonyl (C=O) groups is 1. The number of hydrogen-bond donors (Lipinski definition) is 0. The minimum absolute atomic E-state index is 0.0937. The van der Waals surface area contributed by atoms with Gasteiger partial charge in [-0.2, -0.15) is 0 Å². The van der Waals surface area contributed by atoms with Crippen molar-refractivity contribution in [2.24, 2.45) is 0 Å². The van der Waals surface area contributed by atoms with E-state index in [0.717, 1.165) is 25.1 Å². The van der Waals surface area contributed by atoms with Crippen molar-refractivity contribution < 1.29 is 4.79 Å². The highest BCUT2D eigenvalue weighted by Gasteiger charge is 2.18. The van der Waals surface area contributed by atoms with Gasteiger partial charge in [0.15, 0.2) is 5.78 Å². The Labute approximate surface area is 125 Å². The summed E-state index contributed by atoms with van der Waals surface area (Å²) < 4.78 is 0. The number of benzene rings is 1. The van der Waals surface area contributed by atoms with E-state index in [2.05, 4.69) is 35.0 Å². The van der Waals surface area contributed by atoms with Gasteiger partial charge >= 0.3 is 0 Å². The summed E-state index contributed by atoms with van der Waals surface area (Å²) in [5, 5.41) is 0. The van der Waals surface area contributed by atoms with Crippen LogP contribution in [-0.4, -0.2) is 17.3 Å². The van der Waals surface area contributed by atoms with Crippen LogP contribution in [-0.2, 0) is 6.42 Å². The van der Waals surface area contributed by atoms with E-state index in [1.165, 1.54) is 16.8 Å². The summed E-state index contributed by atoms with van der Waals surface area (Å²) in [6, 6.07) is 10.5. The first-order valence-electron chi connectivity index (χ1n) is 7.55. The molecule has 0 spiro atoms. The fourth-order valence-corrected chi connectivity index (χ4v) is 2.89. The number of aromatic nitrogens is 1. The number of fused-ring (bicyclic) bond motifs is 1. The topological polar surface area (TPSA) is 33.2 Å². The van der Waals surface area contributed by atoms with Gasteiger partial charge in [0.1, 0.15) is 5.69 Å². The number of pyridine rings is 1. The van der Waals surface area contributed by atoms with Crippen LogP contribution < -0.4 is 4.90 Å². The normalized spacial score (nSPS) is 13.9. The lowest BCUT2D eigenvalue weighted by Crippen LogP contribution is -2.24. The predicted molar refractivity (Wildman–Crippen MR) is 85.4 cm³/mol. The maximum Gasteiger partial charge on any atom is 0.180 e. The average molecular weight is 280 g/mol. The zero-order chi connectivity index (χ0) is 14.8. The van der Waals surface area contributed by atoms with Gasteiger partial charge in [0.2, 0.25) is 0 Å². The second-order valence-electron chi connectivity index (χ2n) is 5.57. The van der Waals surface area contributed by atoms with Crippen LogP contribution in [0.1, 0.15) is 41.4 Å². The van der Waals surface area contributed by atoms with Gasteiger partial charge in [0, 0.05) is 18.7 Å². The molecule has 0 atom stereocenters. The molecule has 1 aliphatic rings. The van der Waals surface area contributed by atoms with Crippen molar-refractivity contribution in [3.8, 4) is 0 Å². The fraction of sp³-hybridized carbons (Fsp3) is 0.333. The Morgan fingerprint density at radius 1 is 1.29 bits per heavy atom. The van der Waals surface area contributed by atoms with Crippen molar-refractivity contribution in [2.45, 2.75) is 33.1 Å². The molecular weight excluding hydrogens is 260 g/mol. The molecule has 3 heteroatoms. The van der Waals surface area contributed by atoms with Crippen LogP contribution in [0.5, 0.6) is 0 Å². The van der Waals surface area contributed by atoms with Crippen LogP contribution >= 0.6 is 0 Å². The van der Waals surface area contributed by atoms with E-state index in [1.54, 1.807) is 0 Å². The molecule has 2 aromatic rings. The molecule has 3 rings (SSSR count). The molecular formula is C18H20N2O. The minimum atomic E-state index is 0.0937. The first-order valence-corrected chi connectivity index (χ1v) is 7.55. The number of carbonyl (C=O) groups excluding carboxylic acids is 1. The summed E-state index contributed by atoms with van der Waals surface area (Å²) in [5.74, 6) is 0.0937. The van der Waals surface area contributed by atoms with Crippen molar-refractivity contribution in [2.75, 3.05) is 11.4 Å². The third-order valence-electron chi connectivity index (χ3n) is 4.02. The zero-order valence-corrected chi connectivity index (χ0v) is 12.6. The van der Waals surface area contributed by atoms with Crippen molar-refractivity contribution in [1.29, 1.82) is 0 Å². The quantitative estimate of drug-likeness (QED) is 0.795. The van der Waals surface area contributed by atoms with Crippen molar-refractivity contribution >= 4 is 17.2 Å². The van der Waals surface area contributed by atoms with Crippen LogP contribution in [0.25, 0.3) is 0 Å². The van der Waals surface area contributed by atoms with E-state index in [-0.39, 0.29) is 5.78 Å². The number of hydrogen-bond acceptors (Lipinski definition) is 3. The third kappa shape index (κ3) is 2.68. The molecule has 0 saturated carbocycles. The van der Waals surface area contributed by atoms with E-state index in [9.17, 15) is 4.79 Å². The summed E-state index contributed by atoms with van der Waals surface area (Å²) in [6.07, 6.45) is 4.59. The molecule has 1 aromatic carbocycles. The Morgan fingerprint density at radius 3 is 2.86 bits per heavy atom. The Kier molecular flexibility index (Phi) is 3.74. The van der Waals surface area contributed by atoms with Crippen LogP contribution in [0, 0.1) is 6.92 Å². The zero-order valence-electron chi connectivity index (χ0n) is 12.6. The summed E-state index contributed by atoms with van der Waals surface area (Å²) in [7, 11) is 0. The van der Waals surface area contributed by atoms with Gasteiger partial charge in [-0.25, -0.2) is 0 Å². The lowest BCUT2D eigenvalue weighted by atomic mass is 9.99. The molecule has 0 aliphatic carbocycles. The van der Waals surface area contributed by atoms with Crippen LogP contribution in [0.2, 0.25) is 0 Å². The Bertz CT molecular complexity index is 661. The van der Waals surface area contributed by atoms with Gasteiger partial charge < -0.3 is 4.90 Å². The Balaban J connectivity index is 1.93. The molecule has 0 saturated heterocycles. The molecule has 3 nitrogen and oxygen atoms in total. The minimum Gasteiger partial charge on any atom is -0.340 e. The molecule has 2 heterocycles. The van der Waals surface area contributed by atoms with Crippen LogP contribution in [0.3, 0.4) is 0 Å². The number of nitrogens with zero attached hydrogens (tertiary/aromatic N) is 2. The lowest BCUT2D eigenvalue weighted by Gasteiger charge is -2.31. The van der Waals surface area contributed by atoms with E-state index in [0.29, 0.717) is 12.1 Å². The largest absolute Gasteiger partial charge is 0.340 e.